The molecule has 3 aromatic rings. The number of aromatic nitrogens is 2. The van der Waals surface area contributed by atoms with Gasteiger partial charge in [-0.05, 0) is 23.3 Å². The average Bonchev–Trinajstić information content (AvgIpc) is 3.11. The van der Waals surface area contributed by atoms with Gasteiger partial charge >= 0.3 is 0 Å². The summed E-state index contributed by atoms with van der Waals surface area (Å²) >= 11 is 12.1. The van der Waals surface area contributed by atoms with Gasteiger partial charge in [-0.1, -0.05) is 59.6 Å². The number of carbonyl (C=O) groups excluding carboxylic acids is 2. The third-order valence-electron chi connectivity index (χ3n) is 4.20. The molecule has 1 heterocycles. The molecule has 2 aromatic carbocycles. The van der Waals surface area contributed by atoms with Crippen molar-refractivity contribution in [3.63, 3.8) is 0 Å². The van der Waals surface area contributed by atoms with Crippen LogP contribution in [0, 0.1) is 0 Å². The number of hydrogen-bond acceptors (Lipinski definition) is 3. The molecule has 0 aliphatic rings. The van der Waals surface area contributed by atoms with Gasteiger partial charge in [-0.25, -0.2) is 4.68 Å². The molecule has 0 atom stereocenters. The predicted octanol–water partition coefficient (Wildman–Crippen LogP) is 3.93. The molecule has 3 rings (SSSR count). The fourth-order valence-electron chi connectivity index (χ4n) is 2.74. The lowest BCUT2D eigenvalue weighted by molar-refractivity contribution is -0.120. The molecular formula is C21H20Cl2N4O2. The van der Waals surface area contributed by atoms with Crippen LogP contribution >= 0.6 is 23.2 Å². The lowest BCUT2D eigenvalue weighted by Gasteiger charge is -2.11. The maximum Gasteiger partial charge on any atom is 0.227 e. The summed E-state index contributed by atoms with van der Waals surface area (Å²) in [6, 6.07) is 16.4. The zero-order chi connectivity index (χ0) is 20.6. The number of anilines is 1. The van der Waals surface area contributed by atoms with Crippen molar-refractivity contribution in [1.29, 1.82) is 0 Å². The van der Waals surface area contributed by atoms with Crippen molar-refractivity contribution < 1.29 is 9.59 Å². The molecule has 0 saturated carbocycles. The molecule has 0 aliphatic heterocycles. The molecule has 0 fully saturated rings. The third kappa shape index (κ3) is 6.34. The number of nitrogens with one attached hydrogen (secondary N) is 2. The molecule has 6 nitrogen and oxygen atoms in total. The zero-order valence-corrected chi connectivity index (χ0v) is 17.1. The molecule has 2 N–H and O–H groups in total. The van der Waals surface area contributed by atoms with Crippen molar-refractivity contribution in [3.05, 3.63) is 82.0 Å². The molecule has 0 saturated heterocycles. The van der Waals surface area contributed by atoms with E-state index in [-0.39, 0.29) is 31.2 Å². The number of hydrogen-bond donors (Lipinski definition) is 2. The van der Waals surface area contributed by atoms with E-state index in [0.29, 0.717) is 22.4 Å². The molecule has 0 spiro atoms. The maximum absolute atomic E-state index is 12.2. The number of benzene rings is 2. The van der Waals surface area contributed by atoms with Crippen molar-refractivity contribution in [2.45, 2.75) is 19.4 Å². The summed E-state index contributed by atoms with van der Waals surface area (Å²) in [5.74, 6) is 0.219. The molecule has 150 valence electrons. The number of carbonyl (C=O) groups is 2. The first-order valence-corrected chi connectivity index (χ1v) is 9.83. The lowest BCUT2D eigenvalue weighted by atomic mass is 10.1. The van der Waals surface area contributed by atoms with Gasteiger partial charge < -0.3 is 10.6 Å². The maximum atomic E-state index is 12.2. The summed E-state index contributed by atoms with van der Waals surface area (Å²) in [5.41, 5.74) is 1.77. The van der Waals surface area contributed by atoms with Crippen molar-refractivity contribution >= 4 is 40.8 Å². The van der Waals surface area contributed by atoms with Gasteiger partial charge in [0.25, 0.3) is 0 Å². The van der Waals surface area contributed by atoms with Gasteiger partial charge in [0.1, 0.15) is 5.82 Å². The number of halogens is 2. The molecule has 8 heteroatoms. The van der Waals surface area contributed by atoms with E-state index in [1.54, 1.807) is 29.1 Å². The molecule has 0 radical (unpaired) electrons. The van der Waals surface area contributed by atoms with Crippen LogP contribution in [0.3, 0.4) is 0 Å². The number of nitrogens with zero attached hydrogens (tertiary/aromatic N) is 2. The summed E-state index contributed by atoms with van der Waals surface area (Å²) < 4.78 is 1.64. The molecule has 29 heavy (non-hydrogen) atoms. The van der Waals surface area contributed by atoms with Crippen LogP contribution in [-0.4, -0.2) is 28.1 Å². The van der Waals surface area contributed by atoms with Crippen molar-refractivity contribution in [2.24, 2.45) is 0 Å². The molecule has 0 unspecified atom stereocenters. The smallest absolute Gasteiger partial charge is 0.227 e. The first-order valence-electron chi connectivity index (χ1n) is 9.07. The Balaban J connectivity index is 1.47. The average molecular weight is 431 g/mol. The fourth-order valence-corrected chi connectivity index (χ4v) is 3.21. The summed E-state index contributed by atoms with van der Waals surface area (Å²) in [6.45, 7) is 0.654. The van der Waals surface area contributed by atoms with E-state index in [0.717, 1.165) is 11.1 Å². The molecule has 1 aromatic heterocycles. The Morgan fingerprint density at radius 3 is 2.55 bits per heavy atom. The van der Waals surface area contributed by atoms with Crippen LogP contribution in [-0.2, 0) is 22.6 Å². The fraction of sp³-hybridized carbons (Fsp3) is 0.190. The second-order valence-electron chi connectivity index (χ2n) is 6.42. The van der Waals surface area contributed by atoms with Gasteiger partial charge in [-0.2, -0.15) is 5.10 Å². The van der Waals surface area contributed by atoms with Crippen LogP contribution in [0.4, 0.5) is 5.82 Å². The largest absolute Gasteiger partial charge is 0.355 e. The quantitative estimate of drug-likeness (QED) is 0.568. The number of rotatable bonds is 8. The van der Waals surface area contributed by atoms with Crippen LogP contribution in [0.15, 0.2) is 60.8 Å². The Morgan fingerprint density at radius 1 is 1.00 bits per heavy atom. The van der Waals surface area contributed by atoms with Crippen molar-refractivity contribution in [2.75, 3.05) is 11.9 Å². The van der Waals surface area contributed by atoms with Gasteiger partial charge in [0.15, 0.2) is 0 Å². The Hall–Kier alpha value is -2.83. The zero-order valence-electron chi connectivity index (χ0n) is 15.6. The van der Waals surface area contributed by atoms with E-state index in [1.165, 1.54) is 0 Å². The van der Waals surface area contributed by atoms with Gasteiger partial charge in [-0.3, -0.25) is 9.59 Å². The topological polar surface area (TPSA) is 76.0 Å². The Bertz CT molecular complexity index is 989. The highest BCUT2D eigenvalue weighted by Crippen LogP contribution is 2.22. The lowest BCUT2D eigenvalue weighted by Crippen LogP contribution is -2.29. The standard InChI is InChI=1S/C21H20Cl2N4O2/c22-17-7-6-16(18(23)13-17)14-27-19(8-11-25-27)26-20(28)9-10-24-21(29)12-15-4-2-1-3-5-15/h1-8,11,13H,9-10,12,14H2,(H,24,29)(H,26,28). The number of amides is 2. The van der Waals surface area contributed by atoms with Gasteiger partial charge in [0.2, 0.25) is 11.8 Å². The van der Waals surface area contributed by atoms with Crippen LogP contribution in [0.25, 0.3) is 0 Å². The Labute approximate surface area is 178 Å². The van der Waals surface area contributed by atoms with E-state index < -0.39 is 0 Å². The predicted molar refractivity (Wildman–Crippen MR) is 114 cm³/mol. The molecule has 2 amide bonds. The summed E-state index contributed by atoms with van der Waals surface area (Å²) in [4.78, 5) is 24.2. The van der Waals surface area contributed by atoms with Crippen LogP contribution in [0.5, 0.6) is 0 Å². The Morgan fingerprint density at radius 2 is 1.79 bits per heavy atom. The summed E-state index contributed by atoms with van der Waals surface area (Å²) in [7, 11) is 0. The van der Waals surface area contributed by atoms with E-state index >= 15 is 0 Å². The molecular weight excluding hydrogens is 411 g/mol. The van der Waals surface area contributed by atoms with Gasteiger partial charge in [0.05, 0.1) is 19.2 Å². The van der Waals surface area contributed by atoms with Crippen molar-refractivity contribution in [3.8, 4) is 0 Å². The summed E-state index contributed by atoms with van der Waals surface area (Å²) in [6.07, 6.45) is 2.05. The SMILES string of the molecule is O=C(Cc1ccccc1)NCCC(=O)Nc1ccnn1Cc1ccc(Cl)cc1Cl. The van der Waals surface area contributed by atoms with E-state index in [9.17, 15) is 9.59 Å². The minimum absolute atomic E-state index is 0.119. The van der Waals surface area contributed by atoms with Crippen LogP contribution in [0.2, 0.25) is 10.0 Å². The van der Waals surface area contributed by atoms with Crippen LogP contribution in [0.1, 0.15) is 17.5 Å². The summed E-state index contributed by atoms with van der Waals surface area (Å²) in [5, 5.41) is 10.9. The Kier molecular flexibility index (Phi) is 7.27. The van der Waals surface area contributed by atoms with E-state index in [1.807, 2.05) is 36.4 Å². The molecule has 0 aliphatic carbocycles. The normalized spacial score (nSPS) is 10.6. The highest BCUT2D eigenvalue weighted by molar-refractivity contribution is 6.35. The van der Waals surface area contributed by atoms with E-state index in [2.05, 4.69) is 15.7 Å². The first kappa shape index (κ1) is 20.9. The van der Waals surface area contributed by atoms with Crippen molar-refractivity contribution in [1.82, 2.24) is 15.1 Å². The minimum atomic E-state index is -0.214. The van der Waals surface area contributed by atoms with Gasteiger partial charge in [0, 0.05) is 29.1 Å². The second-order valence-corrected chi connectivity index (χ2v) is 7.26. The second kappa shape index (κ2) is 10.1. The van der Waals surface area contributed by atoms with E-state index in [4.69, 9.17) is 23.2 Å². The highest BCUT2D eigenvalue weighted by Gasteiger charge is 2.10. The monoisotopic (exact) mass is 430 g/mol. The first-order chi connectivity index (χ1) is 14.0. The molecule has 0 bridgehead atoms. The highest BCUT2D eigenvalue weighted by atomic mass is 35.5. The minimum Gasteiger partial charge on any atom is -0.355 e. The third-order valence-corrected chi connectivity index (χ3v) is 4.79. The van der Waals surface area contributed by atoms with Crippen LogP contribution < -0.4 is 10.6 Å². The van der Waals surface area contributed by atoms with Gasteiger partial charge in [-0.15, -0.1) is 0 Å².